The van der Waals surface area contributed by atoms with E-state index in [-0.39, 0.29) is 5.78 Å². The van der Waals surface area contributed by atoms with Gasteiger partial charge in [-0.15, -0.1) is 16.4 Å². The van der Waals surface area contributed by atoms with Crippen molar-refractivity contribution in [1.29, 1.82) is 0 Å². The number of hydrogen-bond donors (Lipinski definition) is 1. The van der Waals surface area contributed by atoms with Crippen molar-refractivity contribution in [1.82, 2.24) is 20.2 Å². The van der Waals surface area contributed by atoms with Crippen LogP contribution in [0.5, 0.6) is 0 Å². The molecule has 27 heavy (non-hydrogen) atoms. The van der Waals surface area contributed by atoms with E-state index in [9.17, 15) is 13.2 Å². The number of rotatable bonds is 8. The third-order valence-corrected chi connectivity index (χ3v) is 6.05. The minimum Gasteiger partial charge on any atom is -0.293 e. The number of tetrazole rings is 1. The highest BCUT2D eigenvalue weighted by Crippen LogP contribution is 2.25. The van der Waals surface area contributed by atoms with Crippen molar-refractivity contribution in [3.05, 3.63) is 52.2 Å². The van der Waals surface area contributed by atoms with Crippen LogP contribution in [0.1, 0.15) is 22.2 Å². The van der Waals surface area contributed by atoms with Gasteiger partial charge in [-0.2, -0.15) is 0 Å². The Morgan fingerprint density at radius 3 is 2.67 bits per heavy atom. The maximum atomic E-state index is 12.7. The summed E-state index contributed by atoms with van der Waals surface area (Å²) in [4.78, 5) is 13.8. The number of Topliss-reactive ketones (excluding diaryl/α,β-unsaturated/α-hetero) is 1. The van der Waals surface area contributed by atoms with Gasteiger partial charge in [-0.1, -0.05) is 17.8 Å². The van der Waals surface area contributed by atoms with Gasteiger partial charge in [0.25, 0.3) is 0 Å². The number of thioether (sulfide) groups is 1. The SMILES string of the molecule is C[C@@H](Sc1nnnn1Cc1cccs1)C(=O)c1ccc(NS(C)(=O)=O)cc1. The molecule has 0 aliphatic rings. The molecule has 3 rings (SSSR count). The lowest BCUT2D eigenvalue weighted by molar-refractivity contribution is 0.0994. The molecule has 2 aromatic heterocycles. The Morgan fingerprint density at radius 1 is 1.30 bits per heavy atom. The molecule has 1 N–H and O–H groups in total. The van der Waals surface area contributed by atoms with Crippen molar-refractivity contribution in [3.8, 4) is 0 Å². The average Bonchev–Trinajstić information content (AvgIpc) is 3.26. The molecule has 0 unspecified atom stereocenters. The van der Waals surface area contributed by atoms with Gasteiger partial charge in [0.2, 0.25) is 15.2 Å². The van der Waals surface area contributed by atoms with Gasteiger partial charge >= 0.3 is 0 Å². The molecule has 0 saturated heterocycles. The van der Waals surface area contributed by atoms with Crippen LogP contribution >= 0.6 is 23.1 Å². The number of carbonyl (C=O) groups is 1. The van der Waals surface area contributed by atoms with E-state index < -0.39 is 15.3 Å². The lowest BCUT2D eigenvalue weighted by Gasteiger charge is -2.11. The van der Waals surface area contributed by atoms with Gasteiger partial charge in [-0.05, 0) is 53.1 Å². The van der Waals surface area contributed by atoms with Crippen LogP contribution in [0, 0.1) is 0 Å². The quantitative estimate of drug-likeness (QED) is 0.438. The zero-order valence-corrected chi connectivity index (χ0v) is 17.0. The molecular weight excluding hydrogens is 406 g/mol. The summed E-state index contributed by atoms with van der Waals surface area (Å²) in [5.41, 5.74) is 0.903. The first-order valence-corrected chi connectivity index (χ1v) is 11.5. The first-order valence-electron chi connectivity index (χ1n) is 7.89. The second kappa shape index (κ2) is 8.19. The molecule has 142 valence electrons. The van der Waals surface area contributed by atoms with Crippen molar-refractivity contribution in [2.24, 2.45) is 0 Å². The fourth-order valence-corrected chi connectivity index (χ4v) is 4.41. The summed E-state index contributed by atoms with van der Waals surface area (Å²) in [7, 11) is -3.35. The van der Waals surface area contributed by atoms with E-state index in [4.69, 9.17) is 0 Å². The number of sulfonamides is 1. The minimum absolute atomic E-state index is 0.0865. The second-order valence-electron chi connectivity index (χ2n) is 5.77. The topological polar surface area (TPSA) is 107 Å². The molecule has 1 aromatic carbocycles. The Labute approximate surface area is 165 Å². The summed E-state index contributed by atoms with van der Waals surface area (Å²) in [6.45, 7) is 2.35. The predicted octanol–water partition coefficient (Wildman–Crippen LogP) is 2.52. The van der Waals surface area contributed by atoms with Crippen LogP contribution in [0.4, 0.5) is 5.69 Å². The van der Waals surface area contributed by atoms with E-state index >= 15 is 0 Å². The van der Waals surface area contributed by atoms with Crippen LogP contribution in [0.15, 0.2) is 46.9 Å². The van der Waals surface area contributed by atoms with Crippen molar-refractivity contribution in [2.75, 3.05) is 11.0 Å². The van der Waals surface area contributed by atoms with Crippen LogP contribution in [0.25, 0.3) is 0 Å². The normalized spacial score (nSPS) is 12.7. The summed E-state index contributed by atoms with van der Waals surface area (Å²) in [5.74, 6) is -0.0865. The zero-order chi connectivity index (χ0) is 19.4. The van der Waals surface area contributed by atoms with Gasteiger partial charge in [0.1, 0.15) is 0 Å². The summed E-state index contributed by atoms with van der Waals surface area (Å²) in [6, 6.07) is 10.3. The molecule has 0 saturated carbocycles. The fraction of sp³-hybridized carbons (Fsp3) is 0.250. The second-order valence-corrected chi connectivity index (χ2v) is 9.86. The predicted molar refractivity (Wildman–Crippen MR) is 106 cm³/mol. The smallest absolute Gasteiger partial charge is 0.229 e. The Bertz CT molecular complexity index is 1010. The van der Waals surface area contributed by atoms with Gasteiger partial charge < -0.3 is 0 Å². The molecule has 8 nitrogen and oxygen atoms in total. The van der Waals surface area contributed by atoms with Gasteiger partial charge in [-0.3, -0.25) is 9.52 Å². The van der Waals surface area contributed by atoms with E-state index in [1.807, 2.05) is 17.5 Å². The number of carbonyl (C=O) groups excluding carboxylic acids is 1. The van der Waals surface area contributed by atoms with Crippen molar-refractivity contribution < 1.29 is 13.2 Å². The number of nitrogens with one attached hydrogen (secondary N) is 1. The van der Waals surface area contributed by atoms with Gasteiger partial charge in [0.05, 0.1) is 18.1 Å². The number of anilines is 1. The number of hydrogen-bond acceptors (Lipinski definition) is 8. The van der Waals surface area contributed by atoms with Crippen molar-refractivity contribution in [2.45, 2.75) is 23.9 Å². The highest BCUT2D eigenvalue weighted by molar-refractivity contribution is 8.00. The zero-order valence-electron chi connectivity index (χ0n) is 14.6. The maximum absolute atomic E-state index is 12.7. The summed E-state index contributed by atoms with van der Waals surface area (Å²) < 4.78 is 26.5. The number of aromatic nitrogens is 4. The number of benzene rings is 1. The largest absolute Gasteiger partial charge is 0.293 e. The summed E-state index contributed by atoms with van der Waals surface area (Å²) in [6.07, 6.45) is 1.07. The molecule has 11 heteroatoms. The Kier molecular flexibility index (Phi) is 5.92. The third kappa shape index (κ3) is 5.37. The lowest BCUT2D eigenvalue weighted by Crippen LogP contribution is -2.15. The summed E-state index contributed by atoms with van der Waals surface area (Å²) in [5, 5.41) is 13.9. The van der Waals surface area contributed by atoms with E-state index in [0.717, 1.165) is 11.1 Å². The van der Waals surface area contributed by atoms with Crippen LogP contribution < -0.4 is 4.72 Å². The Hall–Kier alpha value is -2.24. The Balaban J connectivity index is 1.67. The van der Waals surface area contributed by atoms with Gasteiger partial charge in [0, 0.05) is 16.1 Å². The summed E-state index contributed by atoms with van der Waals surface area (Å²) >= 11 is 2.90. The van der Waals surface area contributed by atoms with E-state index in [1.165, 1.54) is 11.8 Å². The molecular formula is C16H17N5O3S3. The van der Waals surface area contributed by atoms with Gasteiger partial charge in [0.15, 0.2) is 5.78 Å². The van der Waals surface area contributed by atoms with Crippen LogP contribution in [0.3, 0.4) is 0 Å². The first-order chi connectivity index (χ1) is 12.8. The van der Waals surface area contributed by atoms with Crippen LogP contribution in [-0.2, 0) is 16.6 Å². The van der Waals surface area contributed by atoms with Crippen molar-refractivity contribution >= 4 is 44.6 Å². The maximum Gasteiger partial charge on any atom is 0.229 e. The highest BCUT2D eigenvalue weighted by Gasteiger charge is 2.20. The van der Waals surface area contributed by atoms with Crippen LogP contribution in [0.2, 0.25) is 0 Å². The van der Waals surface area contributed by atoms with Crippen molar-refractivity contribution in [3.63, 3.8) is 0 Å². The van der Waals surface area contributed by atoms with E-state index in [1.54, 1.807) is 47.2 Å². The molecule has 0 aliphatic carbocycles. The standard InChI is InChI=1S/C16H17N5O3S3/c1-11(15(22)12-5-7-13(8-6-12)18-27(2,23)24)26-16-17-19-20-21(16)10-14-4-3-9-25-14/h3-9,11,18H,10H2,1-2H3/t11-/m1/s1. The molecule has 0 radical (unpaired) electrons. The molecule has 1 atom stereocenters. The highest BCUT2D eigenvalue weighted by atomic mass is 32.2. The minimum atomic E-state index is -3.35. The molecule has 3 aromatic rings. The molecule has 0 amide bonds. The molecule has 0 spiro atoms. The molecule has 0 bridgehead atoms. The van der Waals surface area contributed by atoms with Crippen LogP contribution in [-0.4, -0.2) is 45.9 Å². The Morgan fingerprint density at radius 2 is 2.04 bits per heavy atom. The van der Waals surface area contributed by atoms with E-state index in [0.29, 0.717) is 23.0 Å². The lowest BCUT2D eigenvalue weighted by atomic mass is 10.1. The number of ketones is 1. The fourth-order valence-electron chi connectivity index (χ4n) is 2.29. The molecule has 2 heterocycles. The monoisotopic (exact) mass is 423 g/mol. The third-order valence-electron chi connectivity index (χ3n) is 3.51. The average molecular weight is 424 g/mol. The molecule has 0 fully saturated rings. The number of thiophene rings is 1. The van der Waals surface area contributed by atoms with Gasteiger partial charge in [-0.25, -0.2) is 13.1 Å². The first kappa shape index (κ1) is 19.5. The van der Waals surface area contributed by atoms with E-state index in [2.05, 4.69) is 20.2 Å². The molecule has 0 aliphatic heterocycles. The number of nitrogens with zero attached hydrogens (tertiary/aromatic N) is 4.